The number of amides is 2. The van der Waals surface area contributed by atoms with Gasteiger partial charge in [0.05, 0.1) is 11.6 Å². The van der Waals surface area contributed by atoms with Crippen molar-refractivity contribution in [2.24, 2.45) is 11.8 Å². The Morgan fingerprint density at radius 1 is 1.03 bits per heavy atom. The monoisotopic (exact) mass is 425 g/mol. The van der Waals surface area contributed by atoms with E-state index in [1.165, 1.54) is 6.92 Å². The second-order valence-corrected chi connectivity index (χ2v) is 8.75. The van der Waals surface area contributed by atoms with Gasteiger partial charge in [-0.05, 0) is 44.6 Å². The average molecular weight is 426 g/mol. The number of hydrogen-bond donors (Lipinski definition) is 3. The van der Waals surface area contributed by atoms with Gasteiger partial charge in [-0.15, -0.1) is 0 Å². The number of nitrogens with zero attached hydrogens (tertiary/aromatic N) is 1. The summed E-state index contributed by atoms with van der Waals surface area (Å²) in [5.74, 6) is -1.48. The molecule has 0 heterocycles. The molecule has 2 atom stereocenters. The molecule has 3 N–H and O–H groups in total. The lowest BCUT2D eigenvalue weighted by Gasteiger charge is -2.37. The van der Waals surface area contributed by atoms with Gasteiger partial charge in [0.1, 0.15) is 6.04 Å². The summed E-state index contributed by atoms with van der Waals surface area (Å²) in [4.78, 5) is 39.4. The number of carboxylic acid groups (broad SMARTS) is 1. The summed E-state index contributed by atoms with van der Waals surface area (Å²) in [7, 11) is 1.67. The largest absolute Gasteiger partial charge is 0.478 e. The third kappa shape index (κ3) is 7.42. The maximum atomic E-state index is 13.3. The first-order chi connectivity index (χ1) is 13.9. The maximum Gasteiger partial charge on any atom is 0.331 e. The van der Waals surface area contributed by atoms with Crippen molar-refractivity contribution in [1.82, 2.24) is 15.5 Å². The zero-order valence-electron chi connectivity index (χ0n) is 20.3. The zero-order chi connectivity index (χ0) is 23.6. The number of carbonyl (C=O) groups excluding carboxylic acids is 2. The summed E-state index contributed by atoms with van der Waals surface area (Å²) >= 11 is 0. The van der Waals surface area contributed by atoms with E-state index in [-0.39, 0.29) is 35.3 Å². The van der Waals surface area contributed by atoms with Gasteiger partial charge in [-0.3, -0.25) is 9.59 Å². The van der Waals surface area contributed by atoms with Crippen LogP contribution >= 0.6 is 0 Å². The summed E-state index contributed by atoms with van der Waals surface area (Å²) in [5, 5.41) is 15.6. The van der Waals surface area contributed by atoms with Crippen LogP contribution in [0.2, 0.25) is 0 Å². The lowest BCUT2D eigenvalue weighted by molar-refractivity contribution is -0.140. The van der Waals surface area contributed by atoms with Crippen molar-refractivity contribution in [2.75, 3.05) is 13.6 Å². The molecule has 0 aliphatic carbocycles. The Morgan fingerprint density at radius 3 is 1.93 bits per heavy atom. The first-order valence-corrected chi connectivity index (χ1v) is 11.1. The second kappa shape index (κ2) is 12.7. The van der Waals surface area contributed by atoms with Crippen molar-refractivity contribution in [2.45, 2.75) is 92.3 Å². The summed E-state index contributed by atoms with van der Waals surface area (Å²) in [6.45, 7) is 15.9. The van der Waals surface area contributed by atoms with Crippen LogP contribution in [-0.4, -0.2) is 59.0 Å². The van der Waals surface area contributed by atoms with Crippen LogP contribution in [0.3, 0.4) is 0 Å². The number of carbonyl (C=O) groups is 3. The van der Waals surface area contributed by atoms with Gasteiger partial charge < -0.3 is 20.6 Å². The quantitative estimate of drug-likeness (QED) is 0.394. The molecule has 0 aliphatic heterocycles. The van der Waals surface area contributed by atoms with Crippen LogP contribution in [0.1, 0.15) is 74.7 Å². The van der Waals surface area contributed by atoms with Crippen molar-refractivity contribution in [1.29, 1.82) is 0 Å². The van der Waals surface area contributed by atoms with Crippen LogP contribution in [-0.2, 0) is 14.4 Å². The van der Waals surface area contributed by atoms with Crippen molar-refractivity contribution in [3.8, 4) is 0 Å². The molecule has 7 nitrogen and oxygen atoms in total. The minimum Gasteiger partial charge on any atom is -0.478 e. The van der Waals surface area contributed by atoms with Crippen LogP contribution in [0.5, 0.6) is 0 Å². The van der Waals surface area contributed by atoms with E-state index in [9.17, 15) is 19.5 Å². The molecular formula is C23H43N3O4. The van der Waals surface area contributed by atoms with Crippen LogP contribution in [0.15, 0.2) is 11.6 Å². The molecule has 0 aromatic heterocycles. The fourth-order valence-corrected chi connectivity index (χ4v) is 3.50. The standard InChI is InChI=1S/C23H43N3O4/c1-10-13-24-23(11-2,12-3)22(30)25-19(16(6)7)20(27)26(9)18(15(4)5)14-17(8)21(28)29/h14-16,18-19,24H,10-13H2,1-9H3,(H,25,30)(H,28,29)/t18-,19+/m1/s1. The topological polar surface area (TPSA) is 98.7 Å². The molecule has 2 amide bonds. The van der Waals surface area contributed by atoms with Crippen molar-refractivity contribution < 1.29 is 19.5 Å². The number of nitrogens with one attached hydrogen (secondary N) is 2. The smallest absolute Gasteiger partial charge is 0.331 e. The number of aliphatic carboxylic acids is 1. The molecule has 0 aliphatic rings. The minimum atomic E-state index is -1.01. The van der Waals surface area contributed by atoms with E-state index in [1.807, 2.05) is 41.5 Å². The third-order valence-corrected chi connectivity index (χ3v) is 5.81. The highest BCUT2D eigenvalue weighted by Gasteiger charge is 2.38. The predicted octanol–water partition coefficient (Wildman–Crippen LogP) is 3.20. The summed E-state index contributed by atoms with van der Waals surface area (Å²) in [5.41, 5.74) is -0.516. The van der Waals surface area contributed by atoms with E-state index in [4.69, 9.17) is 0 Å². The lowest BCUT2D eigenvalue weighted by Crippen LogP contribution is -2.62. The highest BCUT2D eigenvalue weighted by atomic mass is 16.4. The van der Waals surface area contributed by atoms with Gasteiger partial charge in [0.15, 0.2) is 0 Å². The molecular weight excluding hydrogens is 382 g/mol. The highest BCUT2D eigenvalue weighted by molar-refractivity contribution is 5.92. The van der Waals surface area contributed by atoms with E-state index in [0.29, 0.717) is 12.8 Å². The fraction of sp³-hybridized carbons (Fsp3) is 0.783. The first-order valence-electron chi connectivity index (χ1n) is 11.1. The molecule has 174 valence electrons. The third-order valence-electron chi connectivity index (χ3n) is 5.81. The molecule has 0 bridgehead atoms. The number of likely N-dealkylation sites (N-methyl/N-ethyl adjacent to an activating group) is 1. The minimum absolute atomic E-state index is 0.0216. The lowest BCUT2D eigenvalue weighted by atomic mass is 9.90. The summed E-state index contributed by atoms with van der Waals surface area (Å²) in [6.07, 6.45) is 3.77. The molecule has 0 saturated carbocycles. The van der Waals surface area contributed by atoms with E-state index >= 15 is 0 Å². The number of hydrogen-bond acceptors (Lipinski definition) is 4. The molecule has 0 saturated heterocycles. The van der Waals surface area contributed by atoms with E-state index < -0.39 is 17.6 Å². The molecule has 0 aromatic rings. The Kier molecular flexibility index (Phi) is 11.9. The summed E-state index contributed by atoms with van der Waals surface area (Å²) < 4.78 is 0. The van der Waals surface area contributed by atoms with Crippen LogP contribution in [0.4, 0.5) is 0 Å². The van der Waals surface area contributed by atoms with Crippen molar-refractivity contribution in [3.05, 3.63) is 11.6 Å². The van der Waals surface area contributed by atoms with Crippen molar-refractivity contribution in [3.63, 3.8) is 0 Å². The Balaban J connectivity index is 5.77. The molecule has 0 spiro atoms. The van der Waals surface area contributed by atoms with Crippen LogP contribution in [0, 0.1) is 11.8 Å². The zero-order valence-corrected chi connectivity index (χ0v) is 20.3. The molecule has 0 rings (SSSR count). The van der Waals surface area contributed by atoms with Gasteiger partial charge >= 0.3 is 5.97 Å². The number of carboxylic acids is 1. The Bertz CT molecular complexity index is 610. The highest BCUT2D eigenvalue weighted by Crippen LogP contribution is 2.20. The van der Waals surface area contributed by atoms with Gasteiger partial charge in [0.25, 0.3) is 0 Å². The maximum absolute atomic E-state index is 13.3. The van der Waals surface area contributed by atoms with E-state index in [2.05, 4.69) is 17.6 Å². The second-order valence-electron chi connectivity index (χ2n) is 8.75. The molecule has 0 radical (unpaired) electrons. The Morgan fingerprint density at radius 2 is 1.57 bits per heavy atom. The van der Waals surface area contributed by atoms with Crippen molar-refractivity contribution >= 4 is 17.8 Å². The fourth-order valence-electron chi connectivity index (χ4n) is 3.50. The summed E-state index contributed by atoms with van der Waals surface area (Å²) in [6, 6.07) is -1.07. The number of rotatable bonds is 13. The van der Waals surface area contributed by atoms with Gasteiger partial charge in [-0.1, -0.05) is 54.5 Å². The molecule has 30 heavy (non-hydrogen) atoms. The van der Waals surface area contributed by atoms with Gasteiger partial charge in [-0.25, -0.2) is 4.79 Å². The molecule has 0 unspecified atom stereocenters. The molecule has 0 fully saturated rings. The first kappa shape index (κ1) is 28.1. The van der Waals surface area contributed by atoms with Gasteiger partial charge in [0, 0.05) is 12.6 Å². The molecule has 7 heteroatoms. The van der Waals surface area contributed by atoms with E-state index in [1.54, 1.807) is 18.0 Å². The predicted molar refractivity (Wildman–Crippen MR) is 121 cm³/mol. The van der Waals surface area contributed by atoms with E-state index in [0.717, 1.165) is 13.0 Å². The Labute approximate surface area is 182 Å². The molecule has 0 aromatic carbocycles. The van der Waals surface area contributed by atoms with Gasteiger partial charge in [0.2, 0.25) is 11.8 Å². The Hall–Kier alpha value is -1.89. The van der Waals surface area contributed by atoms with Crippen LogP contribution < -0.4 is 10.6 Å². The normalized spacial score (nSPS) is 14.6. The average Bonchev–Trinajstić information content (AvgIpc) is 2.69. The SMILES string of the molecule is CCCNC(CC)(CC)C(=O)N[C@H](C(=O)N(C)[C@H](C=C(C)C(=O)O)C(C)C)C(C)C. The van der Waals surface area contributed by atoms with Gasteiger partial charge in [-0.2, -0.15) is 0 Å². The van der Waals surface area contributed by atoms with Crippen LogP contribution in [0.25, 0.3) is 0 Å².